The third-order valence-corrected chi connectivity index (χ3v) is 5.71. The van der Waals surface area contributed by atoms with Crippen LogP contribution in [0.3, 0.4) is 0 Å². The molecule has 1 rings (SSSR count). The molecule has 0 unspecified atom stereocenters. The van der Waals surface area contributed by atoms with Gasteiger partial charge in [0.05, 0.1) is 22.4 Å². The van der Waals surface area contributed by atoms with Gasteiger partial charge in [0.25, 0.3) is 0 Å². The summed E-state index contributed by atoms with van der Waals surface area (Å²) >= 11 is 0. The summed E-state index contributed by atoms with van der Waals surface area (Å²) < 4.78 is 0. The minimum Gasteiger partial charge on any atom is -0.230 e. The van der Waals surface area contributed by atoms with Crippen LogP contribution in [0, 0.1) is 0 Å². The van der Waals surface area contributed by atoms with Crippen LogP contribution in [0.1, 0.15) is 161 Å². The van der Waals surface area contributed by atoms with E-state index in [0.717, 1.165) is 22.3 Å². The first kappa shape index (κ1) is 38.9. The van der Waals surface area contributed by atoms with Crippen molar-refractivity contribution >= 4 is 0 Å². The second-order valence-corrected chi connectivity index (χ2v) is 17.1. The summed E-state index contributed by atoms with van der Waals surface area (Å²) in [5.74, 6) is 0. The molecule has 0 fully saturated rings. The van der Waals surface area contributed by atoms with Gasteiger partial charge in [-0.15, -0.1) is 0 Å². The van der Waals surface area contributed by atoms with Gasteiger partial charge in [0.1, 0.15) is 22.4 Å². The molecule has 0 N–H and O–H groups in total. The van der Waals surface area contributed by atoms with Crippen LogP contribution in [0.4, 0.5) is 0 Å². The molecule has 0 bridgehead atoms. The van der Waals surface area contributed by atoms with Crippen LogP contribution in [0.25, 0.3) is 0 Å². The Kier molecular flexibility index (Phi) is 11.8. The minimum absolute atomic E-state index is 0.523. The Bertz CT molecular complexity index is 943. The maximum Gasteiger partial charge on any atom is 0.124 e. The zero-order valence-corrected chi connectivity index (χ0v) is 30.4. The molecule has 0 heterocycles. The first-order chi connectivity index (χ1) is 18.3. The summed E-state index contributed by atoms with van der Waals surface area (Å²) in [5, 5.41) is 0. The van der Waals surface area contributed by atoms with E-state index in [1.807, 2.05) is 151 Å². The highest BCUT2D eigenvalue weighted by molar-refractivity contribution is 5.51. The molecule has 1 aromatic carbocycles. The Morgan fingerprint density at radius 2 is 0.476 bits per heavy atom. The monoisotopic (exact) mass is 598 g/mol. The van der Waals surface area contributed by atoms with Crippen molar-refractivity contribution in [3.63, 3.8) is 0 Å². The molecule has 0 spiro atoms. The standard InChI is InChI=1S/C34H62O8/c1-27(2,3)35-39-31(13,14)23-21-22-24(32(15,16)40-36-28(4,5)6)26(34(19,20)42-38-30(10,11)12)25(23)33(17,18)41-37-29(7,8)9/h21-22H,1-20H3. The molecule has 1 aromatic rings. The van der Waals surface area contributed by atoms with Crippen LogP contribution < -0.4 is 0 Å². The Labute approximate surface area is 256 Å². The molecule has 0 atom stereocenters. The van der Waals surface area contributed by atoms with Gasteiger partial charge in [0, 0.05) is 0 Å². The van der Waals surface area contributed by atoms with Gasteiger partial charge < -0.3 is 0 Å². The van der Waals surface area contributed by atoms with Crippen molar-refractivity contribution in [2.45, 2.75) is 183 Å². The summed E-state index contributed by atoms with van der Waals surface area (Å²) in [7, 11) is 0. The first-order valence-corrected chi connectivity index (χ1v) is 15.0. The topological polar surface area (TPSA) is 73.8 Å². The molecule has 0 saturated heterocycles. The fourth-order valence-electron chi connectivity index (χ4n) is 3.95. The quantitative estimate of drug-likeness (QED) is 0.174. The summed E-state index contributed by atoms with van der Waals surface area (Å²) in [5.41, 5.74) is -2.74. The molecule has 8 nitrogen and oxygen atoms in total. The highest BCUT2D eigenvalue weighted by atomic mass is 17.2. The van der Waals surface area contributed by atoms with Crippen molar-refractivity contribution in [1.82, 2.24) is 0 Å². The third-order valence-electron chi connectivity index (χ3n) is 5.71. The third kappa shape index (κ3) is 12.1. The number of hydrogen-bond acceptors (Lipinski definition) is 8. The van der Waals surface area contributed by atoms with Crippen LogP contribution in [0.15, 0.2) is 12.1 Å². The van der Waals surface area contributed by atoms with E-state index in [9.17, 15) is 0 Å². The largest absolute Gasteiger partial charge is 0.230 e. The Morgan fingerprint density at radius 3 is 0.667 bits per heavy atom. The van der Waals surface area contributed by atoms with Crippen LogP contribution >= 0.6 is 0 Å². The molecule has 0 aromatic heterocycles. The summed E-state index contributed by atoms with van der Waals surface area (Å²) in [6.07, 6.45) is 0. The number of benzene rings is 1. The summed E-state index contributed by atoms with van der Waals surface area (Å²) in [6, 6.07) is 4.04. The van der Waals surface area contributed by atoms with Crippen molar-refractivity contribution < 1.29 is 39.1 Å². The van der Waals surface area contributed by atoms with Gasteiger partial charge in [-0.1, -0.05) is 12.1 Å². The fraction of sp³-hybridized carbons (Fsp3) is 0.824. The first-order valence-electron chi connectivity index (χ1n) is 15.0. The maximum atomic E-state index is 6.26. The zero-order chi connectivity index (χ0) is 33.4. The van der Waals surface area contributed by atoms with E-state index in [2.05, 4.69) is 0 Å². The van der Waals surface area contributed by atoms with E-state index in [0.29, 0.717) is 0 Å². The lowest BCUT2D eigenvalue weighted by atomic mass is 9.73. The second kappa shape index (κ2) is 12.7. The van der Waals surface area contributed by atoms with Gasteiger partial charge in [-0.3, -0.25) is 0 Å². The van der Waals surface area contributed by atoms with Crippen LogP contribution in [0.5, 0.6) is 0 Å². The lowest BCUT2D eigenvalue weighted by Crippen LogP contribution is -2.41. The lowest BCUT2D eigenvalue weighted by Gasteiger charge is -2.42. The normalized spacial score (nSPS) is 15.0. The average molecular weight is 599 g/mol. The summed E-state index contributed by atoms with van der Waals surface area (Å²) in [4.78, 5) is 48.3. The zero-order valence-electron chi connectivity index (χ0n) is 30.4. The van der Waals surface area contributed by atoms with E-state index in [4.69, 9.17) is 39.1 Å². The highest BCUT2D eigenvalue weighted by Gasteiger charge is 2.45. The molecule has 42 heavy (non-hydrogen) atoms. The van der Waals surface area contributed by atoms with Crippen molar-refractivity contribution in [2.24, 2.45) is 0 Å². The molecular weight excluding hydrogens is 536 g/mol. The van der Waals surface area contributed by atoms with Crippen molar-refractivity contribution in [1.29, 1.82) is 0 Å². The predicted molar refractivity (Wildman–Crippen MR) is 166 cm³/mol. The molecule has 0 aliphatic rings. The molecule has 0 radical (unpaired) electrons. The van der Waals surface area contributed by atoms with Gasteiger partial charge in [-0.2, -0.15) is 0 Å². The minimum atomic E-state index is -1.00. The Morgan fingerprint density at radius 1 is 0.286 bits per heavy atom. The second-order valence-electron chi connectivity index (χ2n) is 17.1. The van der Waals surface area contributed by atoms with Gasteiger partial charge in [0.15, 0.2) is 0 Å². The van der Waals surface area contributed by atoms with Gasteiger partial charge in [-0.05, 0) is 161 Å². The maximum absolute atomic E-state index is 6.26. The van der Waals surface area contributed by atoms with Crippen molar-refractivity contribution in [3.05, 3.63) is 34.4 Å². The van der Waals surface area contributed by atoms with Crippen molar-refractivity contribution in [2.75, 3.05) is 0 Å². The van der Waals surface area contributed by atoms with Gasteiger partial charge >= 0.3 is 0 Å². The van der Waals surface area contributed by atoms with E-state index in [1.54, 1.807) is 0 Å². The lowest BCUT2D eigenvalue weighted by molar-refractivity contribution is -0.413. The molecule has 0 saturated carbocycles. The Hall–Kier alpha value is -1.10. The molecular formula is C34H62O8. The van der Waals surface area contributed by atoms with Crippen LogP contribution in [0.2, 0.25) is 0 Å². The molecule has 8 heteroatoms. The highest BCUT2D eigenvalue weighted by Crippen LogP contribution is 2.48. The fourth-order valence-corrected chi connectivity index (χ4v) is 3.95. The smallest absolute Gasteiger partial charge is 0.124 e. The molecule has 246 valence electrons. The predicted octanol–water partition coefficient (Wildman–Crippen LogP) is 9.61. The molecule has 0 amide bonds. The Balaban J connectivity index is 4.19. The van der Waals surface area contributed by atoms with Gasteiger partial charge in [0.2, 0.25) is 0 Å². The molecule has 0 aliphatic heterocycles. The number of rotatable bonds is 12. The SMILES string of the molecule is CC(C)(C)OOC(C)(C)c1ccc(C(C)(C)OOC(C)(C)C)c(C(C)(C)OOC(C)(C)C)c1C(C)(C)OOC(C)(C)C. The summed E-state index contributed by atoms with van der Waals surface area (Å²) in [6.45, 7) is 39.0. The average Bonchev–Trinajstić information content (AvgIpc) is 2.76. The molecule has 0 aliphatic carbocycles. The van der Waals surface area contributed by atoms with Gasteiger partial charge in [-0.25, -0.2) is 39.1 Å². The van der Waals surface area contributed by atoms with E-state index in [1.165, 1.54) is 0 Å². The van der Waals surface area contributed by atoms with Crippen molar-refractivity contribution in [3.8, 4) is 0 Å². The van der Waals surface area contributed by atoms with Crippen LogP contribution in [-0.2, 0) is 61.5 Å². The van der Waals surface area contributed by atoms with Crippen LogP contribution in [-0.4, -0.2) is 22.4 Å². The van der Waals surface area contributed by atoms with E-state index < -0.39 is 44.8 Å². The van der Waals surface area contributed by atoms with E-state index >= 15 is 0 Å². The number of hydrogen-bond donors (Lipinski definition) is 0. The van der Waals surface area contributed by atoms with E-state index in [-0.39, 0.29) is 0 Å².